The summed E-state index contributed by atoms with van der Waals surface area (Å²) in [5.74, 6) is -10.5. The Labute approximate surface area is 457 Å². The van der Waals surface area contributed by atoms with Crippen LogP contribution in [-0.4, -0.2) is 163 Å². The lowest BCUT2D eigenvalue weighted by atomic mass is 9.78. The maximum Gasteiger partial charge on any atom is 0.360 e. The Kier molecular flexibility index (Phi) is 19.2. The van der Waals surface area contributed by atoms with Crippen molar-refractivity contribution in [2.24, 2.45) is 39.6 Å². The second-order valence-electron chi connectivity index (χ2n) is 21.7. The quantitative estimate of drug-likeness (QED) is 0.0838. The number of benzene rings is 2. The number of rotatable bonds is 12. The number of Topliss-reactive ketones (excluding diaryl/α,β-unsaturated/α-hetero) is 1. The van der Waals surface area contributed by atoms with E-state index in [2.05, 4.69) is 24.1 Å². The first-order chi connectivity index (χ1) is 36.6. The number of esters is 2. The van der Waals surface area contributed by atoms with Crippen molar-refractivity contribution in [1.82, 2.24) is 15.1 Å². The normalized spacial score (nSPS) is 28.3. The van der Waals surface area contributed by atoms with Gasteiger partial charge in [0.05, 0.1) is 47.9 Å². The van der Waals surface area contributed by atoms with E-state index in [0.29, 0.717) is 31.8 Å². The van der Waals surface area contributed by atoms with Crippen molar-refractivity contribution >= 4 is 61.2 Å². The van der Waals surface area contributed by atoms with Crippen molar-refractivity contribution in [3.8, 4) is 17.2 Å². The van der Waals surface area contributed by atoms with Crippen molar-refractivity contribution in [2.75, 3.05) is 52.2 Å². The standard InChI is InChI=1S/C52H74N6O19P2/c1-25(2)22-58-19-17-52(18-20-58)55-39-36-37-43(63)31(8)47-38(36)48(65)51(10,77-47)74-21-16-33(73-12)28(5)46(75-32(9)59)30(7)42(62)29(6)45(26(3)14-13-15-27(4)49(66)54-41(44(37)64)40(39)56-52)76-35(61)24-57(11)23-34(60)53-50(78(67,68)69)79(70,71)72/h13-16,21,25-26,28-30,33,42,45-46,50,62-64H,17-20,22-24H2,1-12H3,(H,53,60)(H,54,66)(H2,67,68,69)(H2,70,71,72)/b14-13+,21-16+,27-15-/t26-,28+,29-,30+,33-,42+,45-,46+,51-/m0/s1. The van der Waals surface area contributed by atoms with E-state index in [1.165, 1.54) is 66.3 Å². The van der Waals surface area contributed by atoms with E-state index in [4.69, 9.17) is 33.7 Å². The largest absolute Gasteiger partial charge is 0.507 e. The fourth-order valence-corrected chi connectivity index (χ4v) is 12.9. The number of methoxy groups -OCH3 is 1. The maximum atomic E-state index is 14.9. The Bertz CT molecular complexity index is 3030. The van der Waals surface area contributed by atoms with Crippen molar-refractivity contribution in [2.45, 2.75) is 123 Å². The molecule has 4 bridgehead atoms. The topological polar surface area (TPSA) is 363 Å². The van der Waals surface area contributed by atoms with E-state index < -0.39 is 134 Å². The lowest BCUT2D eigenvalue weighted by molar-refractivity contribution is -0.165. The minimum atomic E-state index is -5.53. The van der Waals surface area contributed by atoms with E-state index in [0.717, 1.165) is 11.4 Å². The van der Waals surface area contributed by atoms with Crippen LogP contribution in [0.1, 0.15) is 91.1 Å². The number of nitrogens with zero attached hydrogens (tertiary/aromatic N) is 4. The van der Waals surface area contributed by atoms with Crippen LogP contribution < -0.4 is 26.1 Å². The number of fused-ring (bicyclic) bond motifs is 1. The number of phenols is 2. The zero-order chi connectivity index (χ0) is 59.0. The number of aliphatic hydroxyl groups is 1. The van der Waals surface area contributed by atoms with Crippen molar-refractivity contribution in [3.05, 3.63) is 58.0 Å². The first-order valence-electron chi connectivity index (χ1n) is 25.8. The van der Waals surface area contributed by atoms with Gasteiger partial charge in [-0.2, -0.15) is 0 Å². The summed E-state index contributed by atoms with van der Waals surface area (Å²) in [6.07, 6.45) is 3.45. The first kappa shape index (κ1) is 62.6. The minimum Gasteiger partial charge on any atom is -0.507 e. The van der Waals surface area contributed by atoms with Gasteiger partial charge in [0, 0.05) is 93.6 Å². The molecule has 79 heavy (non-hydrogen) atoms. The summed E-state index contributed by atoms with van der Waals surface area (Å²) in [6.45, 7) is 17.0. The van der Waals surface area contributed by atoms with Gasteiger partial charge in [-0.25, -0.2) is 0 Å². The van der Waals surface area contributed by atoms with E-state index in [-0.39, 0.29) is 49.6 Å². The highest BCUT2D eigenvalue weighted by Gasteiger charge is 2.51. The Morgan fingerprint density at radius 3 is 2.10 bits per heavy atom. The van der Waals surface area contributed by atoms with Crippen molar-refractivity contribution in [3.63, 3.8) is 0 Å². The Morgan fingerprint density at radius 2 is 1.52 bits per heavy atom. The molecule has 0 radical (unpaired) electrons. The molecule has 27 heteroatoms. The molecule has 4 heterocycles. The van der Waals surface area contributed by atoms with Crippen LogP contribution >= 0.6 is 15.2 Å². The van der Waals surface area contributed by atoms with Gasteiger partial charge in [0.25, 0.3) is 11.7 Å². The predicted molar refractivity (Wildman–Crippen MR) is 285 cm³/mol. The molecule has 1 saturated heterocycles. The van der Waals surface area contributed by atoms with Gasteiger partial charge in [-0.1, -0.05) is 59.8 Å². The number of piperidine rings is 1. The molecule has 436 valence electrons. The molecule has 9 atom stereocenters. The number of likely N-dealkylation sites (tertiary alicyclic amines) is 1. The number of aromatic hydroxyl groups is 2. The van der Waals surface area contributed by atoms with Crippen molar-refractivity contribution < 1.29 is 91.7 Å². The minimum absolute atomic E-state index is 0.0285. The number of nitrogens with one attached hydrogen (secondary N) is 2. The predicted octanol–water partition coefficient (Wildman–Crippen LogP) is 2.99. The average Bonchev–Trinajstić information content (AvgIpc) is 4.12. The molecule has 2 aromatic rings. The summed E-state index contributed by atoms with van der Waals surface area (Å²) in [4.78, 5) is 120. The zero-order valence-electron chi connectivity index (χ0n) is 46.3. The van der Waals surface area contributed by atoms with Gasteiger partial charge in [0.1, 0.15) is 34.8 Å². The number of carbonyl (C=O) groups excluding carboxylic acids is 5. The van der Waals surface area contributed by atoms with Crippen LogP contribution in [0.15, 0.2) is 46.1 Å². The summed E-state index contributed by atoms with van der Waals surface area (Å²) in [6, 6.07) is 0. The summed E-state index contributed by atoms with van der Waals surface area (Å²) >= 11 is 0. The summed E-state index contributed by atoms with van der Waals surface area (Å²) in [5.41, 5.74) is -3.92. The van der Waals surface area contributed by atoms with E-state index in [1.54, 1.807) is 39.1 Å². The Morgan fingerprint density at radius 1 is 0.911 bits per heavy atom. The number of aliphatic hydroxyl groups excluding tert-OH is 1. The number of hydrogen-bond acceptors (Lipinski definition) is 19. The second kappa shape index (κ2) is 24.2. The van der Waals surface area contributed by atoms with Crippen LogP contribution in [-0.2, 0) is 47.3 Å². The van der Waals surface area contributed by atoms with Gasteiger partial charge in [-0.3, -0.25) is 48.0 Å². The molecule has 6 rings (SSSR count). The van der Waals surface area contributed by atoms with Crippen LogP contribution in [0.25, 0.3) is 10.8 Å². The van der Waals surface area contributed by atoms with Crippen LogP contribution in [0, 0.1) is 36.5 Å². The molecule has 4 aliphatic rings. The summed E-state index contributed by atoms with van der Waals surface area (Å²) in [7, 11) is -8.43. The van der Waals surface area contributed by atoms with E-state index in [9.17, 15) is 68.0 Å². The van der Waals surface area contributed by atoms with Crippen LogP contribution in [0.5, 0.6) is 17.2 Å². The molecule has 9 N–H and O–H groups in total. The lowest BCUT2D eigenvalue weighted by Crippen LogP contribution is -2.48. The number of likely N-dealkylation sites (N-methyl/N-ethyl adjacent to an activating group) is 1. The molecule has 4 aliphatic heterocycles. The molecule has 0 unspecified atom stereocenters. The van der Waals surface area contributed by atoms with Crippen LogP contribution in [0.4, 0.5) is 5.69 Å². The number of allylic oxidation sites excluding steroid dienone is 2. The van der Waals surface area contributed by atoms with Crippen LogP contribution in [0.2, 0.25) is 0 Å². The Hall–Kier alpha value is -5.59. The molecule has 25 nitrogen and oxygen atoms in total. The molecule has 2 amide bonds. The number of phenolic OH excluding ortho intramolecular Hbond substituents is 2. The molecule has 1 spiro atoms. The van der Waals surface area contributed by atoms with Gasteiger partial charge in [0.15, 0.2) is 11.4 Å². The van der Waals surface area contributed by atoms with E-state index >= 15 is 0 Å². The molecule has 1 fully saturated rings. The fraction of sp³-hybridized carbons (Fsp3) is 0.596. The van der Waals surface area contributed by atoms with E-state index in [1.807, 2.05) is 0 Å². The third kappa shape index (κ3) is 13.6. The third-order valence-electron chi connectivity index (χ3n) is 14.9. The second-order valence-corrected chi connectivity index (χ2v) is 25.5. The number of hydrogen-bond donors (Lipinski definition) is 9. The molecule has 2 aromatic carbocycles. The summed E-state index contributed by atoms with van der Waals surface area (Å²) in [5, 5.41) is 40.9. The monoisotopic (exact) mass is 1150 g/mol. The number of carbonyl (C=O) groups is 5. The SMILES string of the molecule is CO[C@H]1/C=C/O[C@@]2(C)Oc3c(C)c(O)c4c(O)c(c5c(c4c3C2=O)=NC2(CCN(CC(C)C)CC2)N=5)NC(=O)/C(C)=C\C=C\[C@H](C)[C@H](OC(=O)CN(C)CC(=O)NC(P(=O)(O)O)P(=O)(O)O)[C@@H](C)[C@@H](O)[C@@H](C)[C@H](OC(C)=O)[C@@H]1C. The zero-order valence-corrected chi connectivity index (χ0v) is 48.1. The molecule has 0 aromatic heterocycles. The van der Waals surface area contributed by atoms with Gasteiger partial charge < -0.3 is 74.1 Å². The lowest BCUT2D eigenvalue weighted by Gasteiger charge is -2.39. The Balaban J connectivity index is 1.45. The molecule has 0 aliphatic carbocycles. The fourth-order valence-electron chi connectivity index (χ4n) is 10.7. The number of ether oxygens (including phenoxy) is 5. The highest BCUT2D eigenvalue weighted by molar-refractivity contribution is 7.70. The first-order valence-corrected chi connectivity index (χ1v) is 29.2. The number of anilines is 1. The summed E-state index contributed by atoms with van der Waals surface area (Å²) < 4.78 is 53.7. The maximum absolute atomic E-state index is 14.9. The number of amides is 2. The highest BCUT2D eigenvalue weighted by atomic mass is 31.2. The molecular weight excluding hydrogens is 1070 g/mol. The average molecular weight is 1150 g/mol. The van der Waals surface area contributed by atoms with Crippen molar-refractivity contribution in [1.29, 1.82) is 0 Å². The van der Waals surface area contributed by atoms with Crippen LogP contribution in [0.3, 0.4) is 0 Å². The van der Waals surface area contributed by atoms with Gasteiger partial charge in [-0.05, 0) is 32.9 Å². The van der Waals surface area contributed by atoms with Gasteiger partial charge in [-0.15, -0.1) is 0 Å². The van der Waals surface area contributed by atoms with Gasteiger partial charge >= 0.3 is 32.9 Å². The molecular formula is C52H74N6O19P2. The molecule has 0 saturated carbocycles. The third-order valence-corrected chi connectivity index (χ3v) is 18.2. The number of ketones is 1. The smallest absolute Gasteiger partial charge is 0.360 e. The van der Waals surface area contributed by atoms with Gasteiger partial charge in [0.2, 0.25) is 11.4 Å². The highest BCUT2D eigenvalue weighted by Crippen LogP contribution is 2.58.